The van der Waals surface area contributed by atoms with Crippen LogP contribution in [0.25, 0.3) is 0 Å². The smallest absolute Gasteiger partial charge is 0.379 e. The molecule has 1 N–H and O–H groups in total. The SMILES string of the molecule is O=C(CC(C1CC1)C1CC1)NCC(c1ccc(C(F)(F)F)cc1)N1CCOCC1. The van der Waals surface area contributed by atoms with Crippen LogP contribution in [-0.2, 0) is 15.7 Å². The normalized spacial score (nSPS) is 21.9. The Hall–Kier alpha value is -1.60. The summed E-state index contributed by atoms with van der Waals surface area (Å²) in [4.78, 5) is 14.8. The molecule has 3 fully saturated rings. The van der Waals surface area contributed by atoms with Gasteiger partial charge in [-0.15, -0.1) is 0 Å². The van der Waals surface area contributed by atoms with Crippen molar-refractivity contribution < 1.29 is 22.7 Å². The molecule has 4 nitrogen and oxygen atoms in total. The van der Waals surface area contributed by atoms with Gasteiger partial charge in [0.1, 0.15) is 0 Å². The fraction of sp³-hybridized carbons (Fsp3) is 0.682. The average molecular weight is 410 g/mol. The van der Waals surface area contributed by atoms with Crippen LogP contribution in [0.2, 0.25) is 0 Å². The number of hydrogen-bond acceptors (Lipinski definition) is 3. The van der Waals surface area contributed by atoms with Crippen LogP contribution >= 0.6 is 0 Å². The van der Waals surface area contributed by atoms with Crippen LogP contribution < -0.4 is 5.32 Å². The van der Waals surface area contributed by atoms with Crippen molar-refractivity contribution in [2.24, 2.45) is 17.8 Å². The van der Waals surface area contributed by atoms with Crippen molar-refractivity contribution in [2.45, 2.75) is 44.3 Å². The summed E-state index contributed by atoms with van der Waals surface area (Å²) in [6, 6.07) is 5.17. The summed E-state index contributed by atoms with van der Waals surface area (Å²) in [7, 11) is 0. The third kappa shape index (κ3) is 5.51. The van der Waals surface area contributed by atoms with Gasteiger partial charge in [0.15, 0.2) is 0 Å². The Balaban J connectivity index is 1.40. The maximum atomic E-state index is 12.9. The Morgan fingerprint density at radius 3 is 2.17 bits per heavy atom. The Morgan fingerprint density at radius 1 is 1.07 bits per heavy atom. The van der Waals surface area contributed by atoms with Gasteiger partial charge in [-0.25, -0.2) is 0 Å². The zero-order chi connectivity index (χ0) is 20.4. The molecule has 1 amide bonds. The molecule has 4 rings (SSSR count). The van der Waals surface area contributed by atoms with E-state index < -0.39 is 11.7 Å². The number of carbonyl (C=O) groups is 1. The van der Waals surface area contributed by atoms with Crippen molar-refractivity contribution in [2.75, 3.05) is 32.8 Å². The highest BCUT2D eigenvalue weighted by atomic mass is 19.4. The molecular formula is C22H29F3N2O2. The Kier molecular flexibility index (Phi) is 6.16. The van der Waals surface area contributed by atoms with Crippen molar-refractivity contribution in [3.63, 3.8) is 0 Å². The predicted octanol–water partition coefficient (Wildman–Crippen LogP) is 4.02. The lowest BCUT2D eigenvalue weighted by molar-refractivity contribution is -0.137. The fourth-order valence-corrected chi connectivity index (χ4v) is 4.50. The third-order valence-electron chi connectivity index (χ3n) is 6.48. The number of rotatable bonds is 8. The van der Waals surface area contributed by atoms with Crippen LogP contribution in [0.15, 0.2) is 24.3 Å². The van der Waals surface area contributed by atoms with Gasteiger partial charge in [-0.2, -0.15) is 13.2 Å². The van der Waals surface area contributed by atoms with Gasteiger partial charge in [0, 0.05) is 26.1 Å². The van der Waals surface area contributed by atoms with Gasteiger partial charge < -0.3 is 10.1 Å². The van der Waals surface area contributed by atoms with Gasteiger partial charge in [-0.1, -0.05) is 12.1 Å². The van der Waals surface area contributed by atoms with E-state index in [9.17, 15) is 18.0 Å². The van der Waals surface area contributed by atoms with Crippen molar-refractivity contribution in [3.8, 4) is 0 Å². The number of morpholine rings is 1. The molecular weight excluding hydrogens is 381 g/mol. The van der Waals surface area contributed by atoms with Crippen LogP contribution in [0.3, 0.4) is 0 Å². The van der Waals surface area contributed by atoms with E-state index in [0.29, 0.717) is 45.2 Å². The molecule has 1 unspecified atom stereocenters. The number of amides is 1. The van der Waals surface area contributed by atoms with E-state index in [1.54, 1.807) is 0 Å². The van der Waals surface area contributed by atoms with Gasteiger partial charge in [0.2, 0.25) is 5.91 Å². The number of ether oxygens (including phenoxy) is 1. The number of carbonyl (C=O) groups excluding carboxylic acids is 1. The molecule has 1 aromatic carbocycles. The second-order valence-corrected chi connectivity index (χ2v) is 8.63. The minimum Gasteiger partial charge on any atom is -0.379 e. The monoisotopic (exact) mass is 410 g/mol. The quantitative estimate of drug-likeness (QED) is 0.704. The second kappa shape index (κ2) is 8.64. The molecule has 2 aliphatic carbocycles. The first-order chi connectivity index (χ1) is 13.9. The van der Waals surface area contributed by atoms with Crippen LogP contribution in [0, 0.1) is 17.8 Å². The Bertz CT molecular complexity index is 681. The highest BCUT2D eigenvalue weighted by Crippen LogP contribution is 2.50. The third-order valence-corrected chi connectivity index (χ3v) is 6.48. The molecule has 0 radical (unpaired) electrons. The lowest BCUT2D eigenvalue weighted by Crippen LogP contribution is -2.44. The zero-order valence-corrected chi connectivity index (χ0v) is 16.6. The van der Waals surface area contributed by atoms with E-state index in [4.69, 9.17) is 4.74 Å². The summed E-state index contributed by atoms with van der Waals surface area (Å²) in [6.07, 6.45) is 1.22. The van der Waals surface area contributed by atoms with Gasteiger partial charge in [-0.05, 0) is 61.1 Å². The van der Waals surface area contributed by atoms with Gasteiger partial charge in [0.05, 0.1) is 24.8 Å². The second-order valence-electron chi connectivity index (χ2n) is 8.63. The van der Waals surface area contributed by atoms with Crippen molar-refractivity contribution in [1.29, 1.82) is 0 Å². The standard InChI is InChI=1S/C22H29F3N2O2/c23-22(24,25)18-7-5-17(6-8-18)20(27-9-11-29-12-10-27)14-26-21(28)13-19(15-1-2-15)16-3-4-16/h5-8,15-16,19-20H,1-4,9-14H2,(H,26,28). The van der Waals surface area contributed by atoms with Crippen LogP contribution in [-0.4, -0.2) is 43.7 Å². The molecule has 1 atom stereocenters. The molecule has 3 aliphatic rings. The first-order valence-electron chi connectivity index (χ1n) is 10.7. The summed E-state index contributed by atoms with van der Waals surface area (Å²) in [5.41, 5.74) is 0.142. The van der Waals surface area contributed by atoms with Crippen molar-refractivity contribution >= 4 is 5.91 Å². The number of nitrogens with zero attached hydrogens (tertiary/aromatic N) is 1. The molecule has 29 heavy (non-hydrogen) atoms. The molecule has 0 spiro atoms. The predicted molar refractivity (Wildman–Crippen MR) is 103 cm³/mol. The average Bonchev–Trinajstić information content (AvgIpc) is 3.61. The molecule has 1 aromatic rings. The fourth-order valence-electron chi connectivity index (χ4n) is 4.50. The summed E-state index contributed by atoms with van der Waals surface area (Å²) >= 11 is 0. The largest absolute Gasteiger partial charge is 0.416 e. The van der Waals surface area contributed by atoms with Crippen LogP contribution in [0.5, 0.6) is 0 Å². The molecule has 1 saturated heterocycles. The summed E-state index contributed by atoms with van der Waals surface area (Å²) in [5.74, 6) is 2.03. The Labute approximate surface area is 169 Å². The highest BCUT2D eigenvalue weighted by Gasteiger charge is 2.42. The minimum atomic E-state index is -4.35. The summed E-state index contributed by atoms with van der Waals surface area (Å²) in [6.45, 7) is 3.00. The van der Waals surface area contributed by atoms with Gasteiger partial charge in [-0.3, -0.25) is 9.69 Å². The number of alkyl halides is 3. The molecule has 0 aromatic heterocycles. The number of nitrogens with one attached hydrogen (secondary N) is 1. The van der Waals surface area contributed by atoms with Crippen LogP contribution in [0.1, 0.15) is 49.3 Å². The molecule has 1 aliphatic heterocycles. The molecule has 7 heteroatoms. The van der Waals surface area contributed by atoms with E-state index in [1.807, 2.05) is 0 Å². The van der Waals surface area contributed by atoms with Crippen molar-refractivity contribution in [1.82, 2.24) is 10.2 Å². The number of hydrogen-bond donors (Lipinski definition) is 1. The molecule has 1 heterocycles. The van der Waals surface area contributed by atoms with E-state index in [1.165, 1.54) is 37.8 Å². The summed E-state index contributed by atoms with van der Waals surface area (Å²) in [5, 5.41) is 3.08. The topological polar surface area (TPSA) is 41.6 Å². The Morgan fingerprint density at radius 2 is 1.66 bits per heavy atom. The molecule has 160 valence electrons. The molecule has 2 saturated carbocycles. The first kappa shape index (κ1) is 20.7. The van der Waals surface area contributed by atoms with E-state index >= 15 is 0 Å². The maximum absolute atomic E-state index is 12.9. The van der Waals surface area contributed by atoms with Gasteiger partial charge >= 0.3 is 6.18 Å². The van der Waals surface area contributed by atoms with E-state index in [0.717, 1.165) is 29.5 Å². The van der Waals surface area contributed by atoms with E-state index in [2.05, 4.69) is 10.2 Å². The minimum absolute atomic E-state index is 0.0685. The van der Waals surface area contributed by atoms with Crippen molar-refractivity contribution in [3.05, 3.63) is 35.4 Å². The molecule has 0 bridgehead atoms. The first-order valence-corrected chi connectivity index (χ1v) is 10.7. The summed E-state index contributed by atoms with van der Waals surface area (Å²) < 4.78 is 44.1. The lowest BCUT2D eigenvalue weighted by atomic mass is 9.93. The number of halogens is 3. The zero-order valence-electron chi connectivity index (χ0n) is 16.6. The number of benzene rings is 1. The lowest BCUT2D eigenvalue weighted by Gasteiger charge is -2.35. The highest BCUT2D eigenvalue weighted by molar-refractivity contribution is 5.76. The van der Waals surface area contributed by atoms with Gasteiger partial charge in [0.25, 0.3) is 0 Å². The van der Waals surface area contributed by atoms with Crippen LogP contribution in [0.4, 0.5) is 13.2 Å². The maximum Gasteiger partial charge on any atom is 0.416 e. The van der Waals surface area contributed by atoms with E-state index in [-0.39, 0.29) is 11.9 Å².